The number of aromatic nitrogens is 1. The van der Waals surface area contributed by atoms with Gasteiger partial charge < -0.3 is 15.1 Å². The number of pyridine rings is 1. The lowest BCUT2D eigenvalue weighted by Crippen LogP contribution is -2.34. The molecule has 0 spiro atoms. The van der Waals surface area contributed by atoms with Crippen LogP contribution in [0, 0.1) is 0 Å². The first-order chi connectivity index (χ1) is 9.11. The highest BCUT2D eigenvalue weighted by atomic mass is 35.5. The highest BCUT2D eigenvalue weighted by Gasteiger charge is 2.23. The Labute approximate surface area is 116 Å². The number of ether oxygens (including phenoxy) is 1. The molecule has 1 unspecified atom stereocenters. The van der Waals surface area contributed by atoms with Crippen LogP contribution in [0.4, 0.5) is 5.82 Å². The number of nitrogen functional groups attached to an aromatic ring is 1. The van der Waals surface area contributed by atoms with Crippen LogP contribution >= 0.6 is 11.6 Å². The first-order valence-electron chi connectivity index (χ1n) is 6.12. The Balaban J connectivity index is 2.09. The fourth-order valence-corrected chi connectivity index (χ4v) is 2.22. The van der Waals surface area contributed by atoms with E-state index in [1.54, 1.807) is 24.1 Å². The molecule has 0 radical (unpaired) electrons. The van der Waals surface area contributed by atoms with E-state index in [9.17, 15) is 4.79 Å². The smallest absolute Gasteiger partial charge is 0.273 e. The van der Waals surface area contributed by atoms with E-state index in [1.807, 2.05) is 0 Å². The van der Waals surface area contributed by atoms with Crippen molar-refractivity contribution >= 4 is 23.3 Å². The van der Waals surface area contributed by atoms with E-state index in [4.69, 9.17) is 22.2 Å². The lowest BCUT2D eigenvalue weighted by molar-refractivity contribution is 0.0583. The average molecular weight is 285 g/mol. The molecule has 1 saturated heterocycles. The molecule has 1 fully saturated rings. The molecule has 0 aromatic carbocycles. The van der Waals surface area contributed by atoms with Crippen molar-refractivity contribution in [2.75, 3.05) is 25.6 Å². The Bertz CT molecular complexity index is 463. The van der Waals surface area contributed by atoms with Crippen LogP contribution in [0.25, 0.3) is 0 Å². The van der Waals surface area contributed by atoms with Crippen LogP contribution in [0.2, 0.25) is 5.02 Å². The number of anilines is 1. The number of carbonyl (C=O) groups excluding carboxylic acids is 1. The summed E-state index contributed by atoms with van der Waals surface area (Å²) in [4.78, 5) is 17.9. The van der Waals surface area contributed by atoms with Crippen molar-refractivity contribution in [1.29, 1.82) is 0 Å². The SMILES string of the molecule is CN(CC1CCCO1)C(=O)c1nc(NN)ccc1Cl. The summed E-state index contributed by atoms with van der Waals surface area (Å²) in [6.07, 6.45) is 2.12. The summed E-state index contributed by atoms with van der Waals surface area (Å²) >= 11 is 6.00. The van der Waals surface area contributed by atoms with E-state index in [2.05, 4.69) is 10.4 Å². The number of likely N-dealkylation sites (N-methyl/N-ethyl adjacent to an activating group) is 1. The van der Waals surface area contributed by atoms with E-state index >= 15 is 0 Å². The third-order valence-electron chi connectivity index (χ3n) is 3.04. The predicted octanol–water partition coefficient (Wildman–Crippen LogP) is 1.27. The second-order valence-corrected chi connectivity index (χ2v) is 4.90. The predicted molar refractivity (Wildman–Crippen MR) is 73.0 cm³/mol. The lowest BCUT2D eigenvalue weighted by Gasteiger charge is -2.21. The van der Waals surface area contributed by atoms with Crippen molar-refractivity contribution < 1.29 is 9.53 Å². The molecule has 1 aliphatic heterocycles. The van der Waals surface area contributed by atoms with Gasteiger partial charge in [0.15, 0.2) is 0 Å². The second kappa shape index (κ2) is 6.18. The largest absolute Gasteiger partial charge is 0.376 e. The molecule has 1 atom stereocenters. The molecule has 7 heteroatoms. The zero-order valence-electron chi connectivity index (χ0n) is 10.7. The minimum Gasteiger partial charge on any atom is -0.376 e. The summed E-state index contributed by atoms with van der Waals surface area (Å²) in [5.74, 6) is 5.44. The van der Waals surface area contributed by atoms with Gasteiger partial charge in [0, 0.05) is 20.2 Å². The highest BCUT2D eigenvalue weighted by Crippen LogP contribution is 2.19. The number of amides is 1. The van der Waals surface area contributed by atoms with Crippen molar-refractivity contribution in [2.45, 2.75) is 18.9 Å². The van der Waals surface area contributed by atoms with Gasteiger partial charge in [-0.3, -0.25) is 4.79 Å². The summed E-state index contributed by atoms with van der Waals surface area (Å²) in [6.45, 7) is 1.30. The topological polar surface area (TPSA) is 80.5 Å². The molecule has 2 heterocycles. The van der Waals surface area contributed by atoms with E-state index in [1.165, 1.54) is 0 Å². The molecule has 3 N–H and O–H groups in total. The molecule has 1 amide bonds. The third kappa shape index (κ3) is 3.34. The number of nitrogens with zero attached hydrogens (tertiary/aromatic N) is 2. The van der Waals surface area contributed by atoms with Gasteiger partial charge in [0.1, 0.15) is 11.5 Å². The van der Waals surface area contributed by atoms with Crippen LogP contribution in [0.1, 0.15) is 23.3 Å². The molecule has 19 heavy (non-hydrogen) atoms. The fourth-order valence-electron chi connectivity index (χ4n) is 2.03. The van der Waals surface area contributed by atoms with Crippen molar-refractivity contribution in [3.63, 3.8) is 0 Å². The molecule has 6 nitrogen and oxygen atoms in total. The van der Waals surface area contributed by atoms with Gasteiger partial charge in [-0.05, 0) is 25.0 Å². The molecule has 2 rings (SSSR count). The van der Waals surface area contributed by atoms with Crippen LogP contribution in [-0.4, -0.2) is 42.1 Å². The highest BCUT2D eigenvalue weighted by molar-refractivity contribution is 6.33. The van der Waals surface area contributed by atoms with Crippen molar-refractivity contribution in [1.82, 2.24) is 9.88 Å². The standard InChI is InChI=1S/C12H17ClN4O2/c1-17(7-8-3-2-6-19-8)12(18)11-9(13)4-5-10(15-11)16-14/h4-5,8H,2-3,6-7,14H2,1H3,(H,15,16). The maximum Gasteiger partial charge on any atom is 0.273 e. The fraction of sp³-hybridized carbons (Fsp3) is 0.500. The number of nitrogens with two attached hydrogens (primary N) is 1. The van der Waals surface area contributed by atoms with Crippen molar-refractivity contribution in [3.05, 3.63) is 22.8 Å². The zero-order chi connectivity index (χ0) is 13.8. The van der Waals surface area contributed by atoms with Gasteiger partial charge in [-0.15, -0.1) is 0 Å². The number of halogens is 1. The van der Waals surface area contributed by atoms with Gasteiger partial charge in [-0.2, -0.15) is 0 Å². The van der Waals surface area contributed by atoms with E-state index < -0.39 is 0 Å². The molecule has 1 aliphatic rings. The van der Waals surface area contributed by atoms with Crippen molar-refractivity contribution in [2.24, 2.45) is 5.84 Å². The minimum atomic E-state index is -0.238. The van der Waals surface area contributed by atoms with Crippen LogP contribution in [0.5, 0.6) is 0 Å². The second-order valence-electron chi connectivity index (χ2n) is 4.49. The van der Waals surface area contributed by atoms with Gasteiger partial charge >= 0.3 is 0 Å². The van der Waals surface area contributed by atoms with Crippen LogP contribution < -0.4 is 11.3 Å². The number of nitrogens with one attached hydrogen (secondary N) is 1. The zero-order valence-corrected chi connectivity index (χ0v) is 11.5. The minimum absolute atomic E-state index is 0.101. The quantitative estimate of drug-likeness (QED) is 0.643. The number of rotatable bonds is 4. The maximum atomic E-state index is 12.3. The summed E-state index contributed by atoms with van der Waals surface area (Å²) in [5, 5.41) is 0.309. The average Bonchev–Trinajstić information content (AvgIpc) is 2.91. The Morgan fingerprint density at radius 1 is 1.68 bits per heavy atom. The maximum absolute atomic E-state index is 12.3. The van der Waals surface area contributed by atoms with Gasteiger partial charge in [-0.25, -0.2) is 10.8 Å². The Morgan fingerprint density at radius 2 is 2.47 bits per heavy atom. The monoisotopic (exact) mass is 284 g/mol. The summed E-state index contributed by atoms with van der Waals surface area (Å²) in [7, 11) is 1.71. The molecular weight excluding hydrogens is 268 g/mol. The first kappa shape index (κ1) is 14.0. The number of hydrazine groups is 1. The molecule has 0 aliphatic carbocycles. The van der Waals surface area contributed by atoms with Crippen LogP contribution in [0.15, 0.2) is 12.1 Å². The molecule has 0 bridgehead atoms. The van der Waals surface area contributed by atoms with E-state index in [-0.39, 0.29) is 17.7 Å². The number of hydrogen-bond donors (Lipinski definition) is 2. The van der Waals surface area contributed by atoms with Gasteiger partial charge in [-0.1, -0.05) is 11.6 Å². The van der Waals surface area contributed by atoms with E-state index in [0.29, 0.717) is 17.4 Å². The molecule has 1 aromatic heterocycles. The summed E-state index contributed by atoms with van der Waals surface area (Å²) in [6, 6.07) is 3.20. The van der Waals surface area contributed by atoms with Crippen LogP contribution in [-0.2, 0) is 4.74 Å². The summed E-state index contributed by atoms with van der Waals surface area (Å²) < 4.78 is 5.51. The number of carbonyl (C=O) groups is 1. The molecule has 0 saturated carbocycles. The first-order valence-corrected chi connectivity index (χ1v) is 6.50. The number of hydrogen-bond acceptors (Lipinski definition) is 5. The molecule has 1 aromatic rings. The van der Waals surface area contributed by atoms with E-state index in [0.717, 1.165) is 19.4 Å². The Morgan fingerprint density at radius 3 is 3.11 bits per heavy atom. The normalized spacial score (nSPS) is 18.4. The molecule has 104 valence electrons. The van der Waals surface area contributed by atoms with Crippen molar-refractivity contribution in [3.8, 4) is 0 Å². The summed E-state index contributed by atoms with van der Waals surface area (Å²) in [5.41, 5.74) is 2.59. The van der Waals surface area contributed by atoms with Gasteiger partial charge in [0.2, 0.25) is 0 Å². The Hall–Kier alpha value is -1.37. The Kier molecular flexibility index (Phi) is 4.57. The van der Waals surface area contributed by atoms with Gasteiger partial charge in [0.05, 0.1) is 11.1 Å². The lowest BCUT2D eigenvalue weighted by atomic mass is 10.2. The third-order valence-corrected chi connectivity index (χ3v) is 3.35. The van der Waals surface area contributed by atoms with Crippen LogP contribution in [0.3, 0.4) is 0 Å². The molecular formula is C12H17ClN4O2. The van der Waals surface area contributed by atoms with Gasteiger partial charge in [0.25, 0.3) is 5.91 Å².